The number of imidazole rings is 1. The van der Waals surface area contributed by atoms with Crippen molar-refractivity contribution in [2.45, 2.75) is 52.0 Å². The van der Waals surface area contributed by atoms with Crippen LogP contribution >= 0.6 is 12.2 Å². The molecule has 0 spiro atoms. The van der Waals surface area contributed by atoms with Crippen LogP contribution in [0.1, 0.15) is 45.0 Å². The van der Waals surface area contributed by atoms with Crippen LogP contribution in [0.15, 0.2) is 0 Å². The standard InChI is InChI=1S/C11H18N2S/c1-11(2,3)13-9-7-5-4-6-8(9)12-10(13)14/h4-7H2,1-3H3,(H,12,14). The van der Waals surface area contributed by atoms with Crippen LogP contribution in [0.4, 0.5) is 0 Å². The van der Waals surface area contributed by atoms with Crippen LogP contribution in [0, 0.1) is 4.77 Å². The van der Waals surface area contributed by atoms with E-state index in [-0.39, 0.29) is 5.54 Å². The van der Waals surface area contributed by atoms with Crippen LogP contribution in [0.25, 0.3) is 0 Å². The first kappa shape index (κ1) is 9.97. The third-order valence-corrected chi connectivity index (χ3v) is 3.12. The zero-order valence-corrected chi connectivity index (χ0v) is 10.0. The van der Waals surface area contributed by atoms with E-state index in [2.05, 4.69) is 30.3 Å². The maximum Gasteiger partial charge on any atom is 0.178 e. The predicted octanol–water partition coefficient (Wildman–Crippen LogP) is 3.18. The molecule has 1 heterocycles. The molecule has 0 aromatic carbocycles. The summed E-state index contributed by atoms with van der Waals surface area (Å²) < 4.78 is 3.18. The number of hydrogen-bond acceptors (Lipinski definition) is 1. The van der Waals surface area contributed by atoms with Crippen LogP contribution in [0.5, 0.6) is 0 Å². The topological polar surface area (TPSA) is 20.7 Å². The molecule has 3 heteroatoms. The number of fused-ring (bicyclic) bond motifs is 1. The second-order valence-electron chi connectivity index (χ2n) is 5.07. The predicted molar refractivity (Wildman–Crippen MR) is 61.3 cm³/mol. The molecule has 0 saturated heterocycles. The SMILES string of the molecule is CC(C)(C)n1c2c([nH]c1=S)CCCC2. The first-order valence-electron chi connectivity index (χ1n) is 5.33. The molecule has 0 saturated carbocycles. The third-order valence-electron chi connectivity index (χ3n) is 2.84. The summed E-state index contributed by atoms with van der Waals surface area (Å²) in [6.45, 7) is 6.64. The molecule has 0 bridgehead atoms. The molecule has 0 unspecified atom stereocenters. The summed E-state index contributed by atoms with van der Waals surface area (Å²) in [5, 5.41) is 0. The maximum absolute atomic E-state index is 5.38. The molecule has 1 aliphatic carbocycles. The lowest BCUT2D eigenvalue weighted by molar-refractivity contribution is 0.375. The Balaban J connectivity index is 2.59. The molecule has 2 nitrogen and oxygen atoms in total. The Labute approximate surface area is 90.3 Å². The Morgan fingerprint density at radius 3 is 2.50 bits per heavy atom. The van der Waals surface area contributed by atoms with Gasteiger partial charge in [0.1, 0.15) is 0 Å². The van der Waals surface area contributed by atoms with Gasteiger partial charge in [0.2, 0.25) is 0 Å². The molecule has 1 aromatic heterocycles. The van der Waals surface area contributed by atoms with Crippen molar-refractivity contribution in [2.24, 2.45) is 0 Å². The molecule has 1 N–H and O–H groups in total. The number of hydrogen-bond donors (Lipinski definition) is 1. The summed E-state index contributed by atoms with van der Waals surface area (Å²) in [6.07, 6.45) is 4.95. The van der Waals surface area contributed by atoms with Crippen molar-refractivity contribution >= 4 is 12.2 Å². The molecule has 1 aliphatic rings. The highest BCUT2D eigenvalue weighted by molar-refractivity contribution is 7.71. The van der Waals surface area contributed by atoms with Gasteiger partial charge in [0.25, 0.3) is 0 Å². The number of nitrogens with zero attached hydrogens (tertiary/aromatic N) is 1. The zero-order valence-electron chi connectivity index (χ0n) is 9.18. The third kappa shape index (κ3) is 1.54. The number of H-pyrrole nitrogens is 1. The number of aromatic amines is 1. The second-order valence-corrected chi connectivity index (χ2v) is 5.46. The zero-order chi connectivity index (χ0) is 10.3. The van der Waals surface area contributed by atoms with Crippen LogP contribution in [0.2, 0.25) is 0 Å². The summed E-state index contributed by atoms with van der Waals surface area (Å²) in [5.41, 5.74) is 2.92. The van der Waals surface area contributed by atoms with Gasteiger partial charge in [-0.15, -0.1) is 0 Å². The number of rotatable bonds is 0. The first-order chi connectivity index (χ1) is 6.50. The molecule has 2 rings (SSSR count). The monoisotopic (exact) mass is 210 g/mol. The van der Waals surface area contributed by atoms with E-state index in [1.54, 1.807) is 0 Å². The molecule has 1 aromatic rings. The highest BCUT2D eigenvalue weighted by atomic mass is 32.1. The van der Waals surface area contributed by atoms with Crippen molar-refractivity contribution in [3.8, 4) is 0 Å². The lowest BCUT2D eigenvalue weighted by Crippen LogP contribution is -2.25. The molecule has 0 aliphatic heterocycles. The second kappa shape index (κ2) is 3.23. The largest absolute Gasteiger partial charge is 0.334 e. The summed E-state index contributed by atoms with van der Waals surface area (Å²) in [4.78, 5) is 3.35. The quantitative estimate of drug-likeness (QED) is 0.652. The molecule has 14 heavy (non-hydrogen) atoms. The van der Waals surface area contributed by atoms with Gasteiger partial charge >= 0.3 is 0 Å². The van der Waals surface area contributed by atoms with Gasteiger partial charge in [0.05, 0.1) is 0 Å². The fourth-order valence-corrected chi connectivity index (χ4v) is 2.80. The van der Waals surface area contributed by atoms with Gasteiger partial charge < -0.3 is 9.55 Å². The minimum absolute atomic E-state index is 0.110. The molecular formula is C11H18N2S. The van der Waals surface area contributed by atoms with Gasteiger partial charge in [-0.2, -0.15) is 0 Å². The normalized spacial score (nSPS) is 16.8. The van der Waals surface area contributed by atoms with Crippen LogP contribution in [-0.4, -0.2) is 9.55 Å². The Bertz CT molecular complexity index is 392. The number of aryl methyl sites for hydroxylation is 1. The molecule has 0 fully saturated rings. The molecule has 78 valence electrons. The van der Waals surface area contributed by atoms with Crippen molar-refractivity contribution in [3.63, 3.8) is 0 Å². The average molecular weight is 210 g/mol. The van der Waals surface area contributed by atoms with E-state index in [4.69, 9.17) is 12.2 Å². The van der Waals surface area contributed by atoms with E-state index < -0.39 is 0 Å². The van der Waals surface area contributed by atoms with E-state index in [9.17, 15) is 0 Å². The Hall–Kier alpha value is -0.570. The van der Waals surface area contributed by atoms with Crippen molar-refractivity contribution in [3.05, 3.63) is 16.2 Å². The number of aromatic nitrogens is 2. The number of nitrogens with one attached hydrogen (secondary N) is 1. The Morgan fingerprint density at radius 2 is 1.86 bits per heavy atom. The van der Waals surface area contributed by atoms with Gasteiger partial charge in [0.15, 0.2) is 4.77 Å². The lowest BCUT2D eigenvalue weighted by Gasteiger charge is -2.25. The summed E-state index contributed by atoms with van der Waals surface area (Å²) >= 11 is 5.38. The highest BCUT2D eigenvalue weighted by Crippen LogP contribution is 2.26. The molecule has 0 amide bonds. The first-order valence-corrected chi connectivity index (χ1v) is 5.74. The van der Waals surface area contributed by atoms with E-state index in [0.29, 0.717) is 0 Å². The van der Waals surface area contributed by atoms with E-state index >= 15 is 0 Å². The fraction of sp³-hybridized carbons (Fsp3) is 0.727. The van der Waals surface area contributed by atoms with Crippen LogP contribution in [0.3, 0.4) is 0 Å². The minimum Gasteiger partial charge on any atom is -0.334 e. The van der Waals surface area contributed by atoms with Gasteiger partial charge in [-0.05, 0) is 58.7 Å². The summed E-state index contributed by atoms with van der Waals surface area (Å²) in [5.74, 6) is 0. The Morgan fingerprint density at radius 1 is 1.21 bits per heavy atom. The van der Waals surface area contributed by atoms with E-state index in [1.165, 1.54) is 37.1 Å². The maximum atomic E-state index is 5.38. The summed E-state index contributed by atoms with van der Waals surface area (Å²) in [6, 6.07) is 0. The van der Waals surface area contributed by atoms with E-state index in [0.717, 1.165) is 4.77 Å². The fourth-order valence-electron chi connectivity index (χ4n) is 2.29. The van der Waals surface area contributed by atoms with Crippen molar-refractivity contribution < 1.29 is 0 Å². The lowest BCUT2D eigenvalue weighted by atomic mass is 9.99. The van der Waals surface area contributed by atoms with Gasteiger partial charge in [0, 0.05) is 16.9 Å². The van der Waals surface area contributed by atoms with Gasteiger partial charge in [-0.25, -0.2) is 0 Å². The smallest absolute Gasteiger partial charge is 0.178 e. The van der Waals surface area contributed by atoms with Crippen molar-refractivity contribution in [1.82, 2.24) is 9.55 Å². The van der Waals surface area contributed by atoms with Crippen molar-refractivity contribution in [2.75, 3.05) is 0 Å². The van der Waals surface area contributed by atoms with Crippen LogP contribution in [-0.2, 0) is 18.4 Å². The van der Waals surface area contributed by atoms with E-state index in [1.807, 2.05) is 0 Å². The van der Waals surface area contributed by atoms with Gasteiger partial charge in [-0.1, -0.05) is 0 Å². The average Bonchev–Trinajstić information content (AvgIpc) is 2.38. The molecule has 0 radical (unpaired) electrons. The minimum atomic E-state index is 0.110. The van der Waals surface area contributed by atoms with Crippen molar-refractivity contribution in [1.29, 1.82) is 0 Å². The highest BCUT2D eigenvalue weighted by Gasteiger charge is 2.22. The van der Waals surface area contributed by atoms with Crippen LogP contribution < -0.4 is 0 Å². The Kier molecular flexibility index (Phi) is 2.30. The molecule has 0 atom stereocenters. The summed E-state index contributed by atoms with van der Waals surface area (Å²) in [7, 11) is 0. The van der Waals surface area contributed by atoms with Gasteiger partial charge in [-0.3, -0.25) is 0 Å². The molecular weight excluding hydrogens is 192 g/mol.